The highest BCUT2D eigenvalue weighted by atomic mass is 16.5. The molecule has 0 saturated carbocycles. The Morgan fingerprint density at radius 3 is 2.91 bits per heavy atom. The zero-order valence-electron chi connectivity index (χ0n) is 12.7. The molecular weight excluding hydrogens is 300 g/mol. The quantitative estimate of drug-likeness (QED) is 0.808. The fourth-order valence-corrected chi connectivity index (χ4v) is 3.01. The van der Waals surface area contributed by atoms with E-state index < -0.39 is 5.97 Å². The van der Waals surface area contributed by atoms with E-state index in [0.717, 1.165) is 31.6 Å². The summed E-state index contributed by atoms with van der Waals surface area (Å²) in [6.07, 6.45) is 1.03. The molecule has 23 heavy (non-hydrogen) atoms. The number of piperidine rings is 1. The average Bonchev–Trinajstić information content (AvgIpc) is 2.54. The zero-order valence-corrected chi connectivity index (χ0v) is 12.7. The third-order valence-electron chi connectivity index (χ3n) is 4.10. The smallest absolute Gasteiger partial charge is 0.341 e. The zero-order chi connectivity index (χ0) is 16.2. The number of hydrogen-bond donors (Lipinski definition) is 2. The maximum absolute atomic E-state index is 11.4. The Morgan fingerprint density at radius 1 is 1.39 bits per heavy atom. The number of likely N-dealkylation sites (tertiary alicyclic amines) is 1. The van der Waals surface area contributed by atoms with Gasteiger partial charge < -0.3 is 19.9 Å². The van der Waals surface area contributed by atoms with Gasteiger partial charge in [-0.15, -0.1) is 0 Å². The third-order valence-corrected chi connectivity index (χ3v) is 4.10. The van der Waals surface area contributed by atoms with Crippen LogP contribution in [0.4, 0.5) is 0 Å². The van der Waals surface area contributed by atoms with E-state index in [1.54, 1.807) is 12.1 Å². The lowest BCUT2D eigenvalue weighted by Gasteiger charge is -2.41. The molecule has 7 nitrogen and oxygen atoms in total. The molecule has 0 spiro atoms. The van der Waals surface area contributed by atoms with Crippen molar-refractivity contribution in [2.24, 2.45) is 0 Å². The number of aliphatic carboxylic acids is 1. The molecule has 2 saturated heterocycles. The van der Waals surface area contributed by atoms with E-state index in [1.807, 2.05) is 12.1 Å². The Hall–Kier alpha value is -2.12. The summed E-state index contributed by atoms with van der Waals surface area (Å²) in [6, 6.07) is 7.47. The highest BCUT2D eigenvalue weighted by Gasteiger charge is 2.34. The van der Waals surface area contributed by atoms with Gasteiger partial charge in [-0.2, -0.15) is 0 Å². The van der Waals surface area contributed by atoms with Crippen LogP contribution in [-0.2, 0) is 20.9 Å². The predicted octanol–water partition coefficient (Wildman–Crippen LogP) is 0.239. The minimum absolute atomic E-state index is 0.0481. The first-order valence-electron chi connectivity index (χ1n) is 7.67. The first-order valence-corrected chi connectivity index (χ1v) is 7.67. The van der Waals surface area contributed by atoms with Crippen molar-refractivity contribution in [3.63, 3.8) is 0 Å². The molecule has 0 aliphatic carbocycles. The van der Waals surface area contributed by atoms with E-state index >= 15 is 0 Å². The molecule has 2 N–H and O–H groups in total. The fraction of sp³-hybridized carbons (Fsp3) is 0.500. The van der Waals surface area contributed by atoms with Crippen molar-refractivity contribution >= 4 is 11.9 Å². The maximum Gasteiger partial charge on any atom is 0.341 e. The number of hydrogen-bond acceptors (Lipinski definition) is 5. The lowest BCUT2D eigenvalue weighted by Crippen LogP contribution is -2.60. The summed E-state index contributed by atoms with van der Waals surface area (Å²) in [4.78, 5) is 24.2. The molecule has 124 valence electrons. The van der Waals surface area contributed by atoms with Crippen LogP contribution in [0.5, 0.6) is 5.75 Å². The number of ether oxygens (including phenoxy) is 2. The Balaban J connectivity index is 1.53. The number of carboxylic acids is 1. The monoisotopic (exact) mass is 320 g/mol. The van der Waals surface area contributed by atoms with Gasteiger partial charge in [0, 0.05) is 19.6 Å². The second-order valence-electron chi connectivity index (χ2n) is 5.87. The Kier molecular flexibility index (Phi) is 4.78. The van der Waals surface area contributed by atoms with Crippen LogP contribution in [0.1, 0.15) is 12.0 Å². The molecule has 1 aromatic rings. The molecule has 3 rings (SSSR count). The van der Waals surface area contributed by atoms with Gasteiger partial charge in [-0.3, -0.25) is 9.69 Å². The number of benzene rings is 1. The molecule has 2 aliphatic heterocycles. The van der Waals surface area contributed by atoms with E-state index in [-0.39, 0.29) is 31.3 Å². The second-order valence-corrected chi connectivity index (χ2v) is 5.87. The van der Waals surface area contributed by atoms with Crippen LogP contribution >= 0.6 is 0 Å². The summed E-state index contributed by atoms with van der Waals surface area (Å²) >= 11 is 0. The van der Waals surface area contributed by atoms with E-state index in [4.69, 9.17) is 14.6 Å². The second kappa shape index (κ2) is 6.97. The highest BCUT2D eigenvalue weighted by Crippen LogP contribution is 2.20. The molecule has 0 aromatic heterocycles. The van der Waals surface area contributed by atoms with Gasteiger partial charge in [0.05, 0.1) is 12.1 Å². The molecule has 2 fully saturated rings. The van der Waals surface area contributed by atoms with Crippen molar-refractivity contribution in [2.45, 2.75) is 25.1 Å². The predicted molar refractivity (Wildman–Crippen MR) is 81.1 cm³/mol. The van der Waals surface area contributed by atoms with Crippen molar-refractivity contribution in [1.29, 1.82) is 0 Å². The number of carbonyl (C=O) groups is 2. The number of amides is 1. The van der Waals surface area contributed by atoms with Crippen molar-refractivity contribution < 1.29 is 24.2 Å². The first kappa shape index (κ1) is 15.8. The minimum atomic E-state index is -0.992. The number of rotatable bonds is 5. The lowest BCUT2D eigenvalue weighted by molar-refractivity contribution is -0.140. The van der Waals surface area contributed by atoms with Crippen LogP contribution in [0.25, 0.3) is 0 Å². The van der Waals surface area contributed by atoms with E-state index in [0.29, 0.717) is 5.75 Å². The summed E-state index contributed by atoms with van der Waals surface area (Å²) in [5, 5.41) is 11.6. The fourth-order valence-electron chi connectivity index (χ4n) is 3.01. The van der Waals surface area contributed by atoms with Gasteiger partial charge in [0.1, 0.15) is 12.4 Å². The lowest BCUT2D eigenvalue weighted by atomic mass is 10.00. The SMILES string of the molecule is O=C(O)COc1ccc(CN2CC[C@H]3OCC(=O)N[C@H]3C2)cc1. The Labute approximate surface area is 134 Å². The van der Waals surface area contributed by atoms with Gasteiger partial charge in [-0.25, -0.2) is 4.79 Å². The average molecular weight is 320 g/mol. The van der Waals surface area contributed by atoms with Crippen molar-refractivity contribution in [3.05, 3.63) is 29.8 Å². The van der Waals surface area contributed by atoms with Crippen LogP contribution in [-0.4, -0.2) is 60.3 Å². The molecule has 1 aromatic carbocycles. The van der Waals surface area contributed by atoms with Crippen LogP contribution in [0.15, 0.2) is 24.3 Å². The van der Waals surface area contributed by atoms with Crippen LogP contribution in [0.2, 0.25) is 0 Å². The van der Waals surface area contributed by atoms with Crippen LogP contribution in [0.3, 0.4) is 0 Å². The normalized spacial score (nSPS) is 24.6. The van der Waals surface area contributed by atoms with Gasteiger partial charge in [0.2, 0.25) is 5.91 Å². The molecular formula is C16H20N2O5. The Bertz CT molecular complexity index is 574. The molecule has 2 heterocycles. The summed E-state index contributed by atoms with van der Waals surface area (Å²) in [6.45, 7) is 2.30. The summed E-state index contributed by atoms with van der Waals surface area (Å²) in [7, 11) is 0. The number of nitrogens with zero attached hydrogens (tertiary/aromatic N) is 1. The van der Waals surface area contributed by atoms with Gasteiger partial charge >= 0.3 is 5.97 Å². The molecule has 0 bridgehead atoms. The standard InChI is InChI=1S/C16H20N2O5/c19-15-9-23-14-5-6-18(8-13(14)17-15)7-11-1-3-12(4-2-11)22-10-16(20)21/h1-4,13-14H,5-10H2,(H,17,19)(H,20,21)/t13-,14+/m0/s1. The number of fused-ring (bicyclic) bond motifs is 1. The number of nitrogens with one attached hydrogen (secondary N) is 1. The van der Waals surface area contributed by atoms with Crippen LogP contribution < -0.4 is 10.1 Å². The number of carbonyl (C=O) groups excluding carboxylic acids is 1. The van der Waals surface area contributed by atoms with E-state index in [2.05, 4.69) is 10.2 Å². The molecule has 2 aliphatic rings. The number of carboxylic acid groups (broad SMARTS) is 1. The van der Waals surface area contributed by atoms with Crippen LogP contribution in [0, 0.1) is 0 Å². The van der Waals surface area contributed by atoms with Crippen molar-refractivity contribution in [3.8, 4) is 5.75 Å². The largest absolute Gasteiger partial charge is 0.482 e. The van der Waals surface area contributed by atoms with E-state index in [1.165, 1.54) is 0 Å². The number of morpholine rings is 1. The molecule has 1 amide bonds. The highest BCUT2D eigenvalue weighted by molar-refractivity contribution is 5.78. The first-order chi connectivity index (χ1) is 11.1. The van der Waals surface area contributed by atoms with Gasteiger partial charge in [-0.1, -0.05) is 12.1 Å². The van der Waals surface area contributed by atoms with Crippen molar-refractivity contribution in [2.75, 3.05) is 26.3 Å². The van der Waals surface area contributed by atoms with Gasteiger partial charge in [0.25, 0.3) is 0 Å². The van der Waals surface area contributed by atoms with Gasteiger partial charge in [-0.05, 0) is 24.1 Å². The van der Waals surface area contributed by atoms with Gasteiger partial charge in [0.15, 0.2) is 6.61 Å². The summed E-state index contributed by atoms with van der Waals surface area (Å²) < 4.78 is 10.7. The summed E-state index contributed by atoms with van der Waals surface area (Å²) in [5.74, 6) is -0.496. The topological polar surface area (TPSA) is 88.1 Å². The molecule has 0 unspecified atom stereocenters. The molecule has 2 atom stereocenters. The summed E-state index contributed by atoms with van der Waals surface area (Å²) in [5.41, 5.74) is 1.12. The molecule has 0 radical (unpaired) electrons. The van der Waals surface area contributed by atoms with E-state index in [9.17, 15) is 9.59 Å². The van der Waals surface area contributed by atoms with Crippen molar-refractivity contribution in [1.82, 2.24) is 10.2 Å². The third kappa shape index (κ3) is 4.20. The minimum Gasteiger partial charge on any atom is -0.482 e. The molecule has 7 heteroatoms. The Morgan fingerprint density at radius 2 is 2.17 bits per heavy atom. The maximum atomic E-state index is 11.4.